The Morgan fingerprint density at radius 3 is 2.00 bits per heavy atom. The molecule has 0 unspecified atom stereocenters. The van der Waals surface area contributed by atoms with Crippen LogP contribution in [0.15, 0.2) is 106 Å². The molecule has 1 N–H and O–H groups in total. The van der Waals surface area contributed by atoms with Crippen molar-refractivity contribution in [3.63, 3.8) is 0 Å². The van der Waals surface area contributed by atoms with E-state index in [0.717, 1.165) is 21.4 Å². The Hall–Kier alpha value is -3.00. The van der Waals surface area contributed by atoms with Crippen molar-refractivity contribution in [3.8, 4) is 0 Å². The standard InChI is InChI=1S/C19H22O2S.C9H15NO2S/c1-5-10-19(11-6-2)22(20,21)16(4)14-15-18-13-9-8-12-17(18)7-3;1-4-6-9(2)7-5-8-13(11,12)10-3/h5-15H,1H2,2-4H3;4-8,10H,1-3H3/b11-6-,16-14+,17-7-,18-15-,19-10+;6-4-,8-5+,9-7-. The van der Waals surface area contributed by atoms with Gasteiger partial charge in [0.1, 0.15) is 0 Å². The van der Waals surface area contributed by atoms with Crippen LogP contribution in [0.4, 0.5) is 0 Å². The summed E-state index contributed by atoms with van der Waals surface area (Å²) in [6.07, 6.45) is 18.7. The SMILES string of the molecule is C=C/C=C(\C=C/C)S(=O)(=O)/C(C)=C/C=c1/cccc/c1=C/C.C\C=C/C(C)=C\C=C\S(=O)(=O)NC. The number of benzene rings is 1. The highest BCUT2D eigenvalue weighted by Gasteiger charge is 2.16. The summed E-state index contributed by atoms with van der Waals surface area (Å²) < 4.78 is 49.0. The molecule has 0 bridgehead atoms. The van der Waals surface area contributed by atoms with Gasteiger partial charge in [0.25, 0.3) is 0 Å². The normalized spacial score (nSPS) is 15.2. The summed E-state index contributed by atoms with van der Waals surface area (Å²) in [5, 5.41) is 3.18. The minimum Gasteiger partial charge on any atom is -0.219 e. The fourth-order valence-corrected chi connectivity index (χ4v) is 4.24. The van der Waals surface area contributed by atoms with Crippen LogP contribution >= 0.6 is 0 Å². The van der Waals surface area contributed by atoms with E-state index in [1.807, 2.05) is 69.3 Å². The van der Waals surface area contributed by atoms with E-state index in [4.69, 9.17) is 0 Å². The van der Waals surface area contributed by atoms with Gasteiger partial charge in [-0.15, -0.1) is 0 Å². The number of nitrogens with one attached hydrogen (secondary N) is 1. The lowest BCUT2D eigenvalue weighted by atomic mass is 10.2. The quantitative estimate of drug-likeness (QED) is 0.479. The lowest BCUT2D eigenvalue weighted by Crippen LogP contribution is -2.22. The molecule has 1 aromatic rings. The summed E-state index contributed by atoms with van der Waals surface area (Å²) in [6.45, 7) is 12.7. The molecule has 35 heavy (non-hydrogen) atoms. The molecule has 0 saturated heterocycles. The van der Waals surface area contributed by atoms with Crippen molar-refractivity contribution in [2.75, 3.05) is 7.05 Å². The predicted octanol–water partition coefficient (Wildman–Crippen LogP) is 4.80. The lowest BCUT2D eigenvalue weighted by molar-refractivity contribution is 0.597. The summed E-state index contributed by atoms with van der Waals surface area (Å²) in [5.74, 6) is 0. The van der Waals surface area contributed by atoms with Gasteiger partial charge in [-0.3, -0.25) is 0 Å². The molecule has 190 valence electrons. The fourth-order valence-electron chi connectivity index (χ4n) is 2.60. The van der Waals surface area contributed by atoms with Crippen molar-refractivity contribution in [1.29, 1.82) is 0 Å². The Morgan fingerprint density at radius 2 is 1.49 bits per heavy atom. The fraction of sp³-hybridized carbons (Fsp3) is 0.214. The van der Waals surface area contributed by atoms with E-state index in [1.165, 1.54) is 25.3 Å². The Bertz CT molecular complexity index is 1350. The first-order valence-electron chi connectivity index (χ1n) is 11.0. The molecule has 5 nitrogen and oxygen atoms in total. The molecule has 0 radical (unpaired) electrons. The molecule has 0 heterocycles. The molecule has 0 aliphatic rings. The molecular weight excluding hydrogens is 478 g/mol. The van der Waals surface area contributed by atoms with Crippen LogP contribution < -0.4 is 15.2 Å². The maximum atomic E-state index is 12.5. The van der Waals surface area contributed by atoms with Crippen molar-refractivity contribution in [3.05, 3.63) is 117 Å². The molecular formula is C28H37NO4S2. The van der Waals surface area contributed by atoms with Crippen molar-refractivity contribution in [2.45, 2.75) is 34.6 Å². The molecule has 0 atom stereocenters. The van der Waals surface area contributed by atoms with E-state index in [1.54, 1.807) is 38.2 Å². The highest BCUT2D eigenvalue weighted by molar-refractivity contribution is 7.99. The van der Waals surface area contributed by atoms with Gasteiger partial charge in [0.15, 0.2) is 0 Å². The molecule has 0 saturated carbocycles. The van der Waals surface area contributed by atoms with E-state index >= 15 is 0 Å². The van der Waals surface area contributed by atoms with E-state index < -0.39 is 19.9 Å². The average molecular weight is 516 g/mol. The van der Waals surface area contributed by atoms with Gasteiger partial charge in [-0.2, -0.15) is 0 Å². The molecule has 7 heteroatoms. The number of rotatable bonds is 9. The zero-order chi connectivity index (χ0) is 26.9. The van der Waals surface area contributed by atoms with Crippen LogP contribution in [0.25, 0.3) is 12.2 Å². The Labute approximate surface area is 211 Å². The molecule has 0 fully saturated rings. The van der Waals surface area contributed by atoms with Crippen LogP contribution in [0.2, 0.25) is 0 Å². The van der Waals surface area contributed by atoms with Gasteiger partial charge in [0, 0.05) is 10.3 Å². The summed E-state index contributed by atoms with van der Waals surface area (Å²) in [7, 11) is -5.34. The van der Waals surface area contributed by atoms with Gasteiger partial charge in [-0.1, -0.05) is 78.9 Å². The van der Waals surface area contributed by atoms with Gasteiger partial charge in [0.2, 0.25) is 19.9 Å². The minimum absolute atomic E-state index is 0.238. The third kappa shape index (κ3) is 12.3. The summed E-state index contributed by atoms with van der Waals surface area (Å²) in [6, 6.07) is 7.83. The van der Waals surface area contributed by atoms with Crippen LogP contribution in [-0.2, 0) is 19.9 Å². The van der Waals surface area contributed by atoms with Gasteiger partial charge < -0.3 is 0 Å². The highest BCUT2D eigenvalue weighted by atomic mass is 32.2. The number of sulfone groups is 1. The van der Waals surface area contributed by atoms with Gasteiger partial charge >= 0.3 is 0 Å². The second kappa shape index (κ2) is 16.6. The average Bonchev–Trinajstić information content (AvgIpc) is 2.83. The maximum absolute atomic E-state index is 12.5. The zero-order valence-corrected chi connectivity index (χ0v) is 23.0. The zero-order valence-electron chi connectivity index (χ0n) is 21.4. The van der Waals surface area contributed by atoms with E-state index in [9.17, 15) is 16.8 Å². The maximum Gasteiger partial charge on any atom is 0.233 e. The molecule has 0 aliphatic carbocycles. The smallest absolute Gasteiger partial charge is 0.219 e. The molecule has 0 amide bonds. The predicted molar refractivity (Wildman–Crippen MR) is 152 cm³/mol. The minimum atomic E-state index is -3.49. The third-order valence-electron chi connectivity index (χ3n) is 4.48. The van der Waals surface area contributed by atoms with Gasteiger partial charge in [0.05, 0.1) is 4.91 Å². The Morgan fingerprint density at radius 1 is 0.886 bits per heavy atom. The number of allylic oxidation sites excluding steroid dienone is 11. The van der Waals surface area contributed by atoms with Crippen molar-refractivity contribution in [2.24, 2.45) is 0 Å². The Balaban J connectivity index is 0.000000761. The highest BCUT2D eigenvalue weighted by Crippen LogP contribution is 2.18. The van der Waals surface area contributed by atoms with Crippen LogP contribution in [-0.4, -0.2) is 23.9 Å². The van der Waals surface area contributed by atoms with E-state index in [2.05, 4.69) is 11.3 Å². The topological polar surface area (TPSA) is 80.3 Å². The van der Waals surface area contributed by atoms with Crippen LogP contribution in [0.1, 0.15) is 34.6 Å². The van der Waals surface area contributed by atoms with E-state index in [0.29, 0.717) is 4.91 Å². The Kier molecular flexibility index (Phi) is 15.2. The summed E-state index contributed by atoms with van der Waals surface area (Å²) in [4.78, 5) is 0.534. The molecule has 1 aromatic carbocycles. The van der Waals surface area contributed by atoms with Crippen molar-refractivity contribution in [1.82, 2.24) is 4.72 Å². The first-order valence-corrected chi connectivity index (χ1v) is 14.0. The van der Waals surface area contributed by atoms with Gasteiger partial charge in [-0.25, -0.2) is 21.6 Å². The number of hydrogen-bond acceptors (Lipinski definition) is 4. The second-order valence-electron chi connectivity index (χ2n) is 7.16. The van der Waals surface area contributed by atoms with E-state index in [-0.39, 0.29) is 4.91 Å². The first kappa shape index (κ1) is 32.0. The molecule has 0 spiro atoms. The monoisotopic (exact) mass is 515 g/mol. The van der Waals surface area contributed by atoms with Crippen molar-refractivity contribution < 1.29 is 16.8 Å². The molecule has 0 aliphatic heterocycles. The van der Waals surface area contributed by atoms with Crippen LogP contribution in [0.5, 0.6) is 0 Å². The lowest BCUT2D eigenvalue weighted by Gasteiger charge is -2.04. The van der Waals surface area contributed by atoms with Gasteiger partial charge in [-0.05, 0) is 76.4 Å². The number of hydrogen-bond donors (Lipinski definition) is 1. The van der Waals surface area contributed by atoms with Crippen LogP contribution in [0, 0.1) is 0 Å². The summed E-state index contributed by atoms with van der Waals surface area (Å²) >= 11 is 0. The largest absolute Gasteiger partial charge is 0.233 e. The third-order valence-corrected chi connectivity index (χ3v) is 7.44. The second-order valence-corrected chi connectivity index (χ2v) is 11.1. The van der Waals surface area contributed by atoms with Crippen LogP contribution in [0.3, 0.4) is 0 Å². The first-order chi connectivity index (χ1) is 16.5. The number of sulfonamides is 1. The molecule has 1 rings (SSSR count). The van der Waals surface area contributed by atoms with Crippen molar-refractivity contribution >= 4 is 32.0 Å². The summed E-state index contributed by atoms with van der Waals surface area (Å²) in [5.41, 5.74) is 1.00. The molecule has 0 aromatic heterocycles.